The summed E-state index contributed by atoms with van der Waals surface area (Å²) in [5.74, 6) is 1.00. The smallest absolute Gasteiger partial charge is 0.340 e. The van der Waals surface area contributed by atoms with E-state index in [1.54, 1.807) is 38.1 Å². The van der Waals surface area contributed by atoms with Crippen molar-refractivity contribution in [3.63, 3.8) is 0 Å². The molecule has 1 aliphatic rings. The van der Waals surface area contributed by atoms with Crippen LogP contribution in [-0.4, -0.2) is 41.5 Å². The first-order chi connectivity index (χ1) is 11.6. The first-order valence-corrected chi connectivity index (χ1v) is 7.97. The third-order valence-electron chi connectivity index (χ3n) is 3.75. The van der Waals surface area contributed by atoms with E-state index in [0.717, 1.165) is 25.0 Å². The van der Waals surface area contributed by atoms with Crippen molar-refractivity contribution in [2.24, 2.45) is 0 Å². The lowest BCUT2D eigenvalue weighted by Gasteiger charge is -2.15. The van der Waals surface area contributed by atoms with E-state index in [2.05, 4.69) is 10.1 Å². The molecule has 0 unspecified atom stereocenters. The van der Waals surface area contributed by atoms with Crippen molar-refractivity contribution >= 4 is 5.97 Å². The number of benzene rings is 1. The van der Waals surface area contributed by atoms with Gasteiger partial charge in [0, 0.05) is 19.1 Å². The molecular weight excluding hydrogens is 312 g/mol. The second-order valence-corrected chi connectivity index (χ2v) is 5.69. The summed E-state index contributed by atoms with van der Waals surface area (Å²) in [6.07, 6.45) is 1.45. The van der Waals surface area contributed by atoms with Gasteiger partial charge in [0.05, 0.1) is 12.7 Å². The molecule has 2 heterocycles. The SMILES string of the molecule is Cc1nc(-c2ccc(OC(=O)[C@H](C)OC[C@H]3CCCO3)cc2)no1. The Kier molecular flexibility index (Phi) is 5.22. The Labute approximate surface area is 139 Å². The standard InChI is InChI=1S/C17H20N2O5/c1-11(22-10-15-4-3-9-21-15)17(20)23-14-7-5-13(6-8-14)16-18-12(2)24-19-16/h5-8,11,15H,3-4,9-10H2,1-2H3/t11-,15+/m0/s1. The van der Waals surface area contributed by atoms with Gasteiger partial charge in [-0.05, 0) is 44.0 Å². The van der Waals surface area contributed by atoms with Crippen LogP contribution in [0.3, 0.4) is 0 Å². The molecule has 0 aliphatic carbocycles. The van der Waals surface area contributed by atoms with Gasteiger partial charge in [0.25, 0.3) is 0 Å². The van der Waals surface area contributed by atoms with E-state index >= 15 is 0 Å². The van der Waals surface area contributed by atoms with Crippen LogP contribution < -0.4 is 4.74 Å². The molecule has 0 N–H and O–H groups in total. The Hall–Kier alpha value is -2.25. The number of ether oxygens (including phenoxy) is 3. The lowest BCUT2D eigenvalue weighted by Crippen LogP contribution is -2.29. The van der Waals surface area contributed by atoms with Crippen molar-refractivity contribution in [1.29, 1.82) is 0 Å². The van der Waals surface area contributed by atoms with Crippen molar-refractivity contribution in [2.45, 2.75) is 38.9 Å². The number of hydrogen-bond acceptors (Lipinski definition) is 7. The summed E-state index contributed by atoms with van der Waals surface area (Å²) in [5, 5.41) is 3.84. The van der Waals surface area contributed by atoms with Gasteiger partial charge in [-0.2, -0.15) is 4.98 Å². The van der Waals surface area contributed by atoms with E-state index < -0.39 is 12.1 Å². The van der Waals surface area contributed by atoms with Crippen molar-refractivity contribution in [1.82, 2.24) is 10.1 Å². The van der Waals surface area contributed by atoms with Gasteiger partial charge in [0.2, 0.25) is 11.7 Å². The van der Waals surface area contributed by atoms with Crippen molar-refractivity contribution in [3.05, 3.63) is 30.2 Å². The highest BCUT2D eigenvalue weighted by Crippen LogP contribution is 2.20. The van der Waals surface area contributed by atoms with Crippen molar-refractivity contribution < 1.29 is 23.5 Å². The molecular formula is C17H20N2O5. The zero-order valence-electron chi connectivity index (χ0n) is 13.7. The number of esters is 1. The number of carbonyl (C=O) groups excluding carboxylic acids is 1. The topological polar surface area (TPSA) is 83.7 Å². The van der Waals surface area contributed by atoms with Gasteiger partial charge in [-0.15, -0.1) is 0 Å². The summed E-state index contributed by atoms with van der Waals surface area (Å²) in [7, 11) is 0. The maximum Gasteiger partial charge on any atom is 0.340 e. The van der Waals surface area contributed by atoms with Gasteiger partial charge in [-0.3, -0.25) is 0 Å². The van der Waals surface area contributed by atoms with Crippen LogP contribution in [0.4, 0.5) is 0 Å². The van der Waals surface area contributed by atoms with Crippen LogP contribution in [0, 0.1) is 6.92 Å². The predicted octanol–water partition coefficient (Wildman–Crippen LogP) is 2.53. The highest BCUT2D eigenvalue weighted by atomic mass is 16.6. The maximum absolute atomic E-state index is 12.0. The number of rotatable bonds is 6. The number of nitrogens with zero attached hydrogens (tertiary/aromatic N) is 2. The second kappa shape index (κ2) is 7.55. The van der Waals surface area contributed by atoms with E-state index in [4.69, 9.17) is 18.7 Å². The van der Waals surface area contributed by atoms with E-state index in [-0.39, 0.29) is 6.10 Å². The van der Waals surface area contributed by atoms with E-state index in [0.29, 0.717) is 24.1 Å². The Balaban J connectivity index is 1.52. The van der Waals surface area contributed by atoms with Gasteiger partial charge in [0.1, 0.15) is 5.75 Å². The van der Waals surface area contributed by atoms with E-state index in [9.17, 15) is 4.79 Å². The minimum Gasteiger partial charge on any atom is -0.425 e. The number of hydrogen-bond donors (Lipinski definition) is 0. The average molecular weight is 332 g/mol. The molecule has 1 fully saturated rings. The number of aryl methyl sites for hydroxylation is 1. The van der Waals surface area contributed by atoms with Crippen LogP contribution in [0.5, 0.6) is 5.75 Å². The number of carbonyl (C=O) groups is 1. The molecule has 1 aliphatic heterocycles. The van der Waals surface area contributed by atoms with Gasteiger partial charge in [-0.25, -0.2) is 4.79 Å². The molecule has 1 aromatic heterocycles. The van der Waals surface area contributed by atoms with Crippen LogP contribution in [0.1, 0.15) is 25.7 Å². The molecule has 0 amide bonds. The minimum atomic E-state index is -0.645. The number of aromatic nitrogens is 2. The fraction of sp³-hybridized carbons (Fsp3) is 0.471. The predicted molar refractivity (Wildman–Crippen MR) is 84.5 cm³/mol. The molecule has 1 saturated heterocycles. The summed E-state index contributed by atoms with van der Waals surface area (Å²) in [6.45, 7) is 4.57. The summed E-state index contributed by atoms with van der Waals surface area (Å²) < 4.78 is 21.2. The summed E-state index contributed by atoms with van der Waals surface area (Å²) in [5.41, 5.74) is 0.786. The second-order valence-electron chi connectivity index (χ2n) is 5.69. The average Bonchev–Trinajstić information content (AvgIpc) is 3.25. The fourth-order valence-electron chi connectivity index (χ4n) is 2.38. The Morgan fingerprint density at radius 2 is 2.17 bits per heavy atom. The van der Waals surface area contributed by atoms with Crippen LogP contribution in [-0.2, 0) is 14.3 Å². The molecule has 3 rings (SSSR count). The first-order valence-electron chi connectivity index (χ1n) is 7.97. The third-order valence-corrected chi connectivity index (χ3v) is 3.75. The van der Waals surface area contributed by atoms with Crippen LogP contribution in [0.2, 0.25) is 0 Å². The van der Waals surface area contributed by atoms with Crippen LogP contribution in [0.25, 0.3) is 11.4 Å². The Morgan fingerprint density at radius 1 is 1.38 bits per heavy atom. The normalized spacial score (nSPS) is 18.5. The van der Waals surface area contributed by atoms with Crippen molar-refractivity contribution in [3.8, 4) is 17.1 Å². The highest BCUT2D eigenvalue weighted by molar-refractivity contribution is 5.77. The molecule has 2 aromatic rings. The molecule has 0 radical (unpaired) electrons. The van der Waals surface area contributed by atoms with Crippen LogP contribution in [0.15, 0.2) is 28.8 Å². The third kappa shape index (κ3) is 4.18. The quantitative estimate of drug-likeness (QED) is 0.593. The van der Waals surface area contributed by atoms with Crippen LogP contribution >= 0.6 is 0 Å². The lowest BCUT2D eigenvalue weighted by molar-refractivity contribution is -0.148. The summed E-state index contributed by atoms with van der Waals surface area (Å²) >= 11 is 0. The first kappa shape index (κ1) is 16.6. The highest BCUT2D eigenvalue weighted by Gasteiger charge is 2.21. The van der Waals surface area contributed by atoms with Gasteiger partial charge >= 0.3 is 5.97 Å². The molecule has 24 heavy (non-hydrogen) atoms. The maximum atomic E-state index is 12.0. The Bertz CT molecular complexity index is 677. The van der Waals surface area contributed by atoms with Crippen molar-refractivity contribution in [2.75, 3.05) is 13.2 Å². The van der Waals surface area contributed by atoms with Gasteiger partial charge in [0.15, 0.2) is 6.10 Å². The summed E-state index contributed by atoms with van der Waals surface area (Å²) in [4.78, 5) is 16.2. The Morgan fingerprint density at radius 3 is 2.79 bits per heavy atom. The molecule has 0 saturated carbocycles. The molecule has 7 nitrogen and oxygen atoms in total. The van der Waals surface area contributed by atoms with Gasteiger partial charge in [-0.1, -0.05) is 5.16 Å². The molecule has 0 spiro atoms. The monoisotopic (exact) mass is 332 g/mol. The lowest BCUT2D eigenvalue weighted by atomic mass is 10.2. The minimum absolute atomic E-state index is 0.0814. The largest absolute Gasteiger partial charge is 0.425 e. The zero-order chi connectivity index (χ0) is 16.9. The summed E-state index contributed by atoms with van der Waals surface area (Å²) in [6, 6.07) is 6.91. The molecule has 128 valence electrons. The molecule has 7 heteroatoms. The van der Waals surface area contributed by atoms with E-state index in [1.807, 2.05) is 0 Å². The fourth-order valence-corrected chi connectivity index (χ4v) is 2.38. The zero-order valence-corrected chi connectivity index (χ0v) is 13.7. The molecule has 2 atom stereocenters. The van der Waals surface area contributed by atoms with E-state index in [1.165, 1.54) is 0 Å². The van der Waals surface area contributed by atoms with Gasteiger partial charge < -0.3 is 18.7 Å². The molecule has 0 bridgehead atoms. The molecule has 1 aromatic carbocycles.